The number of rotatable bonds is 3. The molecule has 2 N–H and O–H groups in total. The summed E-state index contributed by atoms with van der Waals surface area (Å²) < 4.78 is 14.9. The Labute approximate surface area is 103 Å². The molecular weight excluding hydrogens is 238 g/mol. The Kier molecular flexibility index (Phi) is 3.14. The summed E-state index contributed by atoms with van der Waals surface area (Å²) in [4.78, 5) is 4.15. The van der Waals surface area contributed by atoms with Crippen LogP contribution in [0, 0.1) is 6.92 Å². The summed E-state index contributed by atoms with van der Waals surface area (Å²) in [5.41, 5.74) is 7.37. The average molecular weight is 251 g/mol. The van der Waals surface area contributed by atoms with Crippen LogP contribution in [-0.4, -0.2) is 23.6 Å². The van der Waals surface area contributed by atoms with Gasteiger partial charge in [0.25, 0.3) is 0 Å². The van der Waals surface area contributed by atoms with Crippen LogP contribution in [0.5, 0.6) is 11.5 Å². The monoisotopic (exact) mass is 251 g/mol. The molecule has 0 fully saturated rings. The van der Waals surface area contributed by atoms with Gasteiger partial charge in [0.2, 0.25) is 0 Å². The van der Waals surface area contributed by atoms with Crippen molar-refractivity contribution in [2.75, 3.05) is 20.0 Å². The molecule has 1 aromatic carbocycles. The Hall–Kier alpha value is -1.82. The molecule has 0 bridgehead atoms. The second kappa shape index (κ2) is 4.58. The minimum atomic E-state index is 0.421. The van der Waals surface area contributed by atoms with Gasteiger partial charge in [-0.05, 0) is 24.6 Å². The van der Waals surface area contributed by atoms with Gasteiger partial charge in [-0.15, -0.1) is 0 Å². The predicted octanol–water partition coefficient (Wildman–Crippen LogP) is 2.11. The number of anilines is 1. The van der Waals surface area contributed by atoms with E-state index in [1.165, 1.54) is 0 Å². The van der Waals surface area contributed by atoms with Gasteiger partial charge in [0, 0.05) is 11.5 Å². The minimum Gasteiger partial charge on any atom is -0.496 e. The van der Waals surface area contributed by atoms with Crippen LogP contribution in [-0.2, 0) is 0 Å². The van der Waals surface area contributed by atoms with E-state index in [-0.39, 0.29) is 0 Å². The number of nitrogens with two attached hydrogens (primary N) is 1. The molecule has 0 aliphatic carbocycles. The fourth-order valence-electron chi connectivity index (χ4n) is 1.60. The lowest BCUT2D eigenvalue weighted by Crippen LogP contribution is -1.95. The molecule has 0 atom stereocenters. The van der Waals surface area contributed by atoms with Crippen molar-refractivity contribution in [1.29, 1.82) is 0 Å². The van der Waals surface area contributed by atoms with Gasteiger partial charge in [-0.25, -0.2) is 0 Å². The van der Waals surface area contributed by atoms with Crippen LogP contribution in [0.25, 0.3) is 11.4 Å². The van der Waals surface area contributed by atoms with Crippen molar-refractivity contribution in [1.82, 2.24) is 9.36 Å². The second-order valence-corrected chi connectivity index (χ2v) is 4.28. The van der Waals surface area contributed by atoms with Crippen LogP contribution >= 0.6 is 11.5 Å². The summed E-state index contributed by atoms with van der Waals surface area (Å²) in [6.45, 7) is 1.97. The molecular formula is C11H13N3O2S. The Morgan fingerprint density at radius 2 is 1.76 bits per heavy atom. The van der Waals surface area contributed by atoms with Gasteiger partial charge in [0.05, 0.1) is 14.2 Å². The molecule has 2 rings (SSSR count). The van der Waals surface area contributed by atoms with Crippen LogP contribution in [0.2, 0.25) is 0 Å². The maximum atomic E-state index is 5.59. The molecule has 17 heavy (non-hydrogen) atoms. The van der Waals surface area contributed by atoms with E-state index >= 15 is 0 Å². The molecule has 0 saturated heterocycles. The summed E-state index contributed by atoms with van der Waals surface area (Å²) in [5, 5.41) is 0.421. The number of aryl methyl sites for hydroxylation is 1. The van der Waals surface area contributed by atoms with Crippen LogP contribution in [0.4, 0.5) is 5.13 Å². The van der Waals surface area contributed by atoms with Crippen molar-refractivity contribution < 1.29 is 9.47 Å². The van der Waals surface area contributed by atoms with E-state index in [9.17, 15) is 0 Å². The zero-order chi connectivity index (χ0) is 12.4. The molecule has 0 aliphatic rings. The van der Waals surface area contributed by atoms with E-state index in [4.69, 9.17) is 15.2 Å². The van der Waals surface area contributed by atoms with Crippen molar-refractivity contribution in [3.8, 4) is 22.9 Å². The lowest BCUT2D eigenvalue weighted by Gasteiger charge is -2.11. The molecule has 1 aromatic heterocycles. The molecule has 6 heteroatoms. The predicted molar refractivity (Wildman–Crippen MR) is 67.6 cm³/mol. The molecule has 0 amide bonds. The van der Waals surface area contributed by atoms with E-state index in [0.29, 0.717) is 22.5 Å². The normalized spacial score (nSPS) is 10.3. The molecule has 0 unspecified atom stereocenters. The smallest absolute Gasteiger partial charge is 0.200 e. The van der Waals surface area contributed by atoms with E-state index in [1.807, 2.05) is 19.1 Å². The van der Waals surface area contributed by atoms with Crippen LogP contribution in [0.3, 0.4) is 0 Å². The Bertz CT molecular complexity index is 514. The maximum absolute atomic E-state index is 5.59. The van der Waals surface area contributed by atoms with Crippen molar-refractivity contribution >= 4 is 16.7 Å². The fourth-order valence-corrected chi connectivity index (χ4v) is 2.04. The first-order valence-electron chi connectivity index (χ1n) is 4.98. The zero-order valence-corrected chi connectivity index (χ0v) is 10.7. The quantitative estimate of drug-likeness (QED) is 0.904. The minimum absolute atomic E-state index is 0.421. The van der Waals surface area contributed by atoms with Gasteiger partial charge >= 0.3 is 0 Å². The van der Waals surface area contributed by atoms with Gasteiger partial charge in [-0.2, -0.15) is 9.36 Å². The first-order chi connectivity index (χ1) is 8.15. The molecule has 5 nitrogen and oxygen atoms in total. The highest BCUT2D eigenvalue weighted by Gasteiger charge is 2.17. The van der Waals surface area contributed by atoms with E-state index in [2.05, 4.69) is 9.36 Å². The van der Waals surface area contributed by atoms with E-state index in [0.717, 1.165) is 22.7 Å². The molecule has 0 aliphatic heterocycles. The maximum Gasteiger partial charge on any atom is 0.200 e. The average Bonchev–Trinajstić information content (AvgIpc) is 2.74. The first kappa shape index (κ1) is 11.7. The second-order valence-electron chi connectivity index (χ2n) is 3.50. The van der Waals surface area contributed by atoms with E-state index in [1.54, 1.807) is 14.2 Å². The molecule has 90 valence electrons. The van der Waals surface area contributed by atoms with Crippen molar-refractivity contribution in [2.45, 2.75) is 6.92 Å². The lowest BCUT2D eigenvalue weighted by molar-refractivity contribution is 0.396. The van der Waals surface area contributed by atoms with Crippen LogP contribution in [0.1, 0.15) is 5.56 Å². The largest absolute Gasteiger partial charge is 0.496 e. The van der Waals surface area contributed by atoms with Gasteiger partial charge in [0.15, 0.2) is 11.0 Å². The molecule has 0 saturated carbocycles. The van der Waals surface area contributed by atoms with Gasteiger partial charge in [-0.1, -0.05) is 0 Å². The van der Waals surface area contributed by atoms with E-state index < -0.39 is 0 Å². The summed E-state index contributed by atoms with van der Waals surface area (Å²) in [5.74, 6) is 1.89. The molecule has 1 heterocycles. The number of hydrogen-bond donors (Lipinski definition) is 1. The number of hydrogen-bond acceptors (Lipinski definition) is 6. The Morgan fingerprint density at radius 3 is 2.18 bits per heavy atom. The van der Waals surface area contributed by atoms with Crippen molar-refractivity contribution in [3.05, 3.63) is 17.7 Å². The lowest BCUT2D eigenvalue weighted by atomic mass is 10.1. The summed E-state index contributed by atoms with van der Waals surface area (Å²) >= 11 is 1.15. The highest BCUT2D eigenvalue weighted by atomic mass is 32.1. The summed E-state index contributed by atoms with van der Waals surface area (Å²) in [7, 11) is 3.21. The molecule has 2 aromatic rings. The molecule has 0 radical (unpaired) electrons. The van der Waals surface area contributed by atoms with Gasteiger partial charge in [0.1, 0.15) is 17.1 Å². The highest BCUT2D eigenvalue weighted by molar-refractivity contribution is 7.09. The van der Waals surface area contributed by atoms with Gasteiger partial charge < -0.3 is 15.2 Å². The van der Waals surface area contributed by atoms with Gasteiger partial charge in [-0.3, -0.25) is 0 Å². The molecule has 0 spiro atoms. The third-order valence-electron chi connectivity index (χ3n) is 2.32. The van der Waals surface area contributed by atoms with Crippen molar-refractivity contribution in [3.63, 3.8) is 0 Å². The first-order valence-corrected chi connectivity index (χ1v) is 5.75. The zero-order valence-electron chi connectivity index (χ0n) is 9.85. The highest BCUT2D eigenvalue weighted by Crippen LogP contribution is 2.38. The third-order valence-corrected chi connectivity index (χ3v) is 2.86. The number of benzene rings is 1. The number of nitrogens with zero attached hydrogens (tertiary/aromatic N) is 2. The topological polar surface area (TPSA) is 70.3 Å². The SMILES string of the molecule is COc1cc(C)cc(OC)c1-c1nsc(N)n1. The fraction of sp³-hybridized carbons (Fsp3) is 0.273. The summed E-state index contributed by atoms with van der Waals surface area (Å²) in [6, 6.07) is 3.82. The van der Waals surface area contributed by atoms with Crippen LogP contribution in [0.15, 0.2) is 12.1 Å². The Balaban J connectivity index is 2.65. The van der Waals surface area contributed by atoms with Crippen LogP contribution < -0.4 is 15.2 Å². The number of ether oxygens (including phenoxy) is 2. The summed E-state index contributed by atoms with van der Waals surface area (Å²) in [6.07, 6.45) is 0. The third kappa shape index (κ3) is 2.16. The standard InChI is InChI=1S/C11H13N3O2S/c1-6-4-7(15-2)9(8(5-6)16-3)10-13-11(12)17-14-10/h4-5H,1-3H3,(H2,12,13,14). The number of nitrogen functional groups attached to an aromatic ring is 1. The van der Waals surface area contributed by atoms with Crippen molar-refractivity contribution in [2.24, 2.45) is 0 Å². The number of methoxy groups -OCH3 is 2. The Morgan fingerprint density at radius 1 is 1.18 bits per heavy atom. The number of aromatic nitrogens is 2.